The summed E-state index contributed by atoms with van der Waals surface area (Å²) in [6.07, 6.45) is 2.88. The molecule has 0 unspecified atom stereocenters. The molecule has 0 aromatic heterocycles. The van der Waals surface area contributed by atoms with Gasteiger partial charge >= 0.3 is 5.97 Å². The number of carbonyl (C=O) groups excluding carboxylic acids is 2. The van der Waals surface area contributed by atoms with Gasteiger partial charge in [-0.05, 0) is 42.0 Å². The Morgan fingerprint density at radius 1 is 1.11 bits per heavy atom. The average molecular weight is 388 g/mol. The second-order valence-corrected chi connectivity index (χ2v) is 7.23. The Hall–Kier alpha value is -2.97. The van der Waals surface area contributed by atoms with Crippen LogP contribution in [0.1, 0.15) is 22.8 Å². The van der Waals surface area contributed by atoms with Crippen LogP contribution in [0.25, 0.3) is 6.08 Å². The van der Waals surface area contributed by atoms with Crippen molar-refractivity contribution in [2.24, 2.45) is 0 Å². The Balaban J connectivity index is 2.04. The number of hydrogen-bond acceptors (Lipinski definition) is 5. The van der Waals surface area contributed by atoms with E-state index in [-0.39, 0.29) is 10.8 Å². The second-order valence-electron chi connectivity index (χ2n) is 5.47. The second kappa shape index (κ2) is 9.11. The lowest BCUT2D eigenvalue weighted by Crippen LogP contribution is -2.22. The number of carbonyl (C=O) groups is 2. The van der Waals surface area contributed by atoms with E-state index in [2.05, 4.69) is 14.8 Å². The molecule has 0 aliphatic heterocycles. The number of ether oxygens (including phenoxy) is 1. The van der Waals surface area contributed by atoms with Crippen molar-refractivity contribution in [3.8, 4) is 0 Å². The molecule has 0 heterocycles. The summed E-state index contributed by atoms with van der Waals surface area (Å²) in [6, 6.07) is 12.5. The van der Waals surface area contributed by atoms with Crippen molar-refractivity contribution in [1.82, 2.24) is 4.72 Å². The molecule has 7 nitrogen and oxygen atoms in total. The van der Waals surface area contributed by atoms with Gasteiger partial charge in [-0.15, -0.1) is 0 Å². The number of methoxy groups -OCH3 is 1. The standard InChI is InChI=1S/C19H20N2O5S/c1-3-20-27(24,25)17-10-7-14(8-11-17)9-12-18(22)21-16-6-4-5-15(13-16)19(23)26-2/h4-13,20H,3H2,1-2H3,(H,21,22)/b12-9+. The van der Waals surface area contributed by atoms with Crippen LogP contribution < -0.4 is 10.0 Å². The van der Waals surface area contributed by atoms with Gasteiger partial charge in [-0.1, -0.05) is 25.1 Å². The zero-order chi connectivity index (χ0) is 19.9. The fraction of sp³-hybridized carbons (Fsp3) is 0.158. The third-order valence-electron chi connectivity index (χ3n) is 3.50. The molecule has 0 spiro atoms. The van der Waals surface area contributed by atoms with Gasteiger partial charge in [-0.3, -0.25) is 4.79 Å². The molecule has 0 atom stereocenters. The van der Waals surface area contributed by atoms with Crippen molar-refractivity contribution >= 4 is 33.7 Å². The van der Waals surface area contributed by atoms with E-state index >= 15 is 0 Å². The minimum atomic E-state index is -3.50. The molecule has 0 bridgehead atoms. The number of anilines is 1. The lowest BCUT2D eigenvalue weighted by Gasteiger charge is -2.05. The van der Waals surface area contributed by atoms with Gasteiger partial charge in [0.05, 0.1) is 17.6 Å². The molecule has 0 radical (unpaired) electrons. The first kappa shape index (κ1) is 20.3. The molecule has 2 aromatic rings. The van der Waals surface area contributed by atoms with Crippen LogP contribution in [0.4, 0.5) is 5.69 Å². The van der Waals surface area contributed by atoms with E-state index in [0.717, 1.165) is 0 Å². The third-order valence-corrected chi connectivity index (χ3v) is 5.06. The van der Waals surface area contributed by atoms with Crippen LogP contribution in [0.2, 0.25) is 0 Å². The van der Waals surface area contributed by atoms with Gasteiger partial charge in [0.15, 0.2) is 0 Å². The van der Waals surface area contributed by atoms with Gasteiger partial charge in [0.1, 0.15) is 0 Å². The summed E-state index contributed by atoms with van der Waals surface area (Å²) in [4.78, 5) is 23.7. The zero-order valence-electron chi connectivity index (χ0n) is 14.9. The molecular formula is C19H20N2O5S. The highest BCUT2D eigenvalue weighted by molar-refractivity contribution is 7.89. The Labute approximate surface area is 158 Å². The Bertz CT molecular complexity index is 950. The van der Waals surface area contributed by atoms with Gasteiger partial charge in [0.2, 0.25) is 15.9 Å². The quantitative estimate of drug-likeness (QED) is 0.560. The van der Waals surface area contributed by atoms with Crippen molar-refractivity contribution in [2.75, 3.05) is 19.0 Å². The van der Waals surface area contributed by atoms with E-state index in [0.29, 0.717) is 23.4 Å². The fourth-order valence-corrected chi connectivity index (χ4v) is 3.27. The van der Waals surface area contributed by atoms with Crippen LogP contribution in [0, 0.1) is 0 Å². The first-order valence-electron chi connectivity index (χ1n) is 8.13. The van der Waals surface area contributed by atoms with E-state index in [1.165, 1.54) is 31.4 Å². The van der Waals surface area contributed by atoms with Gasteiger partial charge in [0, 0.05) is 18.3 Å². The first-order valence-corrected chi connectivity index (χ1v) is 9.61. The Morgan fingerprint density at radius 2 is 1.81 bits per heavy atom. The molecule has 0 saturated carbocycles. The summed E-state index contributed by atoms with van der Waals surface area (Å²) in [5, 5.41) is 2.64. The van der Waals surface area contributed by atoms with Crippen molar-refractivity contribution < 1.29 is 22.7 Å². The molecule has 2 aromatic carbocycles. The number of nitrogens with one attached hydrogen (secondary N) is 2. The van der Waals surface area contributed by atoms with E-state index in [1.54, 1.807) is 43.3 Å². The zero-order valence-corrected chi connectivity index (χ0v) is 15.7. The minimum Gasteiger partial charge on any atom is -0.465 e. The van der Waals surface area contributed by atoms with Crippen molar-refractivity contribution in [3.63, 3.8) is 0 Å². The highest BCUT2D eigenvalue weighted by Crippen LogP contribution is 2.13. The number of hydrogen-bond donors (Lipinski definition) is 2. The van der Waals surface area contributed by atoms with Crippen molar-refractivity contribution in [1.29, 1.82) is 0 Å². The van der Waals surface area contributed by atoms with Gasteiger partial charge in [-0.25, -0.2) is 17.9 Å². The van der Waals surface area contributed by atoms with Crippen molar-refractivity contribution in [2.45, 2.75) is 11.8 Å². The molecule has 27 heavy (non-hydrogen) atoms. The summed E-state index contributed by atoms with van der Waals surface area (Å²) in [7, 11) is -2.22. The predicted molar refractivity (Wildman–Crippen MR) is 103 cm³/mol. The molecule has 2 rings (SSSR count). The fourth-order valence-electron chi connectivity index (χ4n) is 2.23. The van der Waals surface area contributed by atoms with E-state index in [1.807, 2.05) is 0 Å². The molecule has 8 heteroatoms. The molecule has 0 saturated heterocycles. The van der Waals surface area contributed by atoms with Crippen LogP contribution in [0.3, 0.4) is 0 Å². The molecule has 0 fully saturated rings. The summed E-state index contributed by atoms with van der Waals surface area (Å²) in [5.74, 6) is -0.879. The van der Waals surface area contributed by atoms with E-state index in [4.69, 9.17) is 0 Å². The number of sulfonamides is 1. The van der Waals surface area contributed by atoms with Crippen LogP contribution in [-0.2, 0) is 19.6 Å². The number of amides is 1. The summed E-state index contributed by atoms with van der Waals surface area (Å²) < 4.78 is 30.8. The summed E-state index contributed by atoms with van der Waals surface area (Å²) in [5.41, 5.74) is 1.46. The molecule has 0 aliphatic rings. The van der Waals surface area contributed by atoms with E-state index in [9.17, 15) is 18.0 Å². The normalized spacial score (nSPS) is 11.3. The third kappa shape index (κ3) is 5.77. The van der Waals surface area contributed by atoms with Gasteiger partial charge in [-0.2, -0.15) is 0 Å². The number of rotatable bonds is 7. The largest absolute Gasteiger partial charge is 0.465 e. The average Bonchev–Trinajstić information content (AvgIpc) is 2.66. The summed E-state index contributed by atoms with van der Waals surface area (Å²) in [6.45, 7) is 2.01. The maximum Gasteiger partial charge on any atom is 0.337 e. The van der Waals surface area contributed by atoms with Gasteiger partial charge < -0.3 is 10.1 Å². The minimum absolute atomic E-state index is 0.158. The highest BCUT2D eigenvalue weighted by Gasteiger charge is 2.11. The maximum atomic E-state index is 12.0. The maximum absolute atomic E-state index is 12.0. The Morgan fingerprint density at radius 3 is 2.44 bits per heavy atom. The first-order chi connectivity index (χ1) is 12.9. The molecule has 142 valence electrons. The molecule has 2 N–H and O–H groups in total. The van der Waals surface area contributed by atoms with Crippen LogP contribution >= 0.6 is 0 Å². The highest BCUT2D eigenvalue weighted by atomic mass is 32.2. The number of esters is 1. The SMILES string of the molecule is CCNS(=O)(=O)c1ccc(/C=C/C(=O)Nc2cccc(C(=O)OC)c2)cc1. The lowest BCUT2D eigenvalue weighted by atomic mass is 10.2. The van der Waals surface area contributed by atoms with E-state index < -0.39 is 16.0 Å². The molecule has 0 aliphatic carbocycles. The Kier molecular flexibility index (Phi) is 6.86. The van der Waals surface area contributed by atoms with Gasteiger partial charge in [0.25, 0.3) is 0 Å². The van der Waals surface area contributed by atoms with Crippen LogP contribution in [-0.4, -0.2) is 33.9 Å². The van der Waals surface area contributed by atoms with Crippen molar-refractivity contribution in [3.05, 3.63) is 65.7 Å². The predicted octanol–water partition coefficient (Wildman–Crippen LogP) is 2.42. The molecule has 1 amide bonds. The topological polar surface area (TPSA) is 102 Å². The molecular weight excluding hydrogens is 368 g/mol. The summed E-state index contributed by atoms with van der Waals surface area (Å²) >= 11 is 0. The van der Waals surface area contributed by atoms with Crippen LogP contribution in [0.5, 0.6) is 0 Å². The van der Waals surface area contributed by atoms with Crippen LogP contribution in [0.15, 0.2) is 59.5 Å². The smallest absolute Gasteiger partial charge is 0.337 e. The monoisotopic (exact) mass is 388 g/mol. The number of benzene rings is 2. The lowest BCUT2D eigenvalue weighted by molar-refractivity contribution is -0.111.